The maximum atomic E-state index is 10.4. The van der Waals surface area contributed by atoms with Gasteiger partial charge in [-0.15, -0.1) is 0 Å². The van der Waals surface area contributed by atoms with Crippen LogP contribution in [-0.2, 0) is 14.2 Å². The van der Waals surface area contributed by atoms with Crippen molar-refractivity contribution < 1.29 is 24.4 Å². The fourth-order valence-electron chi connectivity index (χ4n) is 3.60. The molecule has 2 heterocycles. The predicted molar refractivity (Wildman–Crippen MR) is 83.3 cm³/mol. The Hall–Kier alpha value is -0.200. The smallest absolute Gasteiger partial charge is 0.184 e. The number of hydrogen-bond acceptors (Lipinski definition) is 5. The first kappa shape index (κ1) is 18.1. The Kier molecular flexibility index (Phi) is 5.89. The van der Waals surface area contributed by atoms with E-state index in [2.05, 4.69) is 27.7 Å². The van der Waals surface area contributed by atoms with Gasteiger partial charge in [-0.25, -0.2) is 0 Å². The van der Waals surface area contributed by atoms with E-state index in [1.165, 1.54) is 0 Å². The van der Waals surface area contributed by atoms with E-state index < -0.39 is 18.5 Å². The third kappa shape index (κ3) is 3.34. The molecule has 10 atom stereocenters. The standard InChI is InChI=1S/C17H32O5/c1-7-13-16(9(3)8(2)11(5)20-13)22-17-15(19)10(4)14(18)12(6)21-17/h8-19H,7H2,1-6H3/t8?,9-,10?,11+,12+,13?,14+,15?,16-,17-/m1/s1. The average molecular weight is 316 g/mol. The van der Waals surface area contributed by atoms with Gasteiger partial charge in [-0.05, 0) is 32.1 Å². The minimum absolute atomic E-state index is 0.00876. The third-order valence-corrected chi connectivity index (χ3v) is 5.72. The molecule has 2 saturated heterocycles. The molecular formula is C17H32O5. The van der Waals surface area contributed by atoms with Gasteiger partial charge in [0.15, 0.2) is 6.29 Å². The van der Waals surface area contributed by atoms with Crippen LogP contribution in [0.25, 0.3) is 0 Å². The van der Waals surface area contributed by atoms with Gasteiger partial charge in [-0.1, -0.05) is 27.7 Å². The van der Waals surface area contributed by atoms with Crippen LogP contribution in [0.2, 0.25) is 0 Å². The molecule has 2 fully saturated rings. The van der Waals surface area contributed by atoms with Crippen molar-refractivity contribution in [1.82, 2.24) is 0 Å². The number of rotatable bonds is 3. The highest BCUT2D eigenvalue weighted by atomic mass is 16.7. The minimum Gasteiger partial charge on any atom is -0.390 e. The molecule has 5 nitrogen and oxygen atoms in total. The highest BCUT2D eigenvalue weighted by Gasteiger charge is 2.46. The molecule has 2 N–H and O–H groups in total. The first-order valence-corrected chi connectivity index (χ1v) is 8.60. The maximum Gasteiger partial charge on any atom is 0.184 e. The molecule has 2 rings (SSSR count). The molecule has 0 bridgehead atoms. The molecule has 0 aliphatic carbocycles. The highest BCUT2D eigenvalue weighted by molar-refractivity contribution is 4.90. The zero-order valence-corrected chi connectivity index (χ0v) is 14.6. The summed E-state index contributed by atoms with van der Waals surface area (Å²) in [5.41, 5.74) is 0. The minimum atomic E-state index is -0.828. The van der Waals surface area contributed by atoms with Crippen LogP contribution in [0.1, 0.15) is 48.0 Å². The number of ether oxygens (including phenoxy) is 3. The van der Waals surface area contributed by atoms with Crippen molar-refractivity contribution in [2.24, 2.45) is 17.8 Å². The average Bonchev–Trinajstić information content (AvgIpc) is 2.50. The maximum absolute atomic E-state index is 10.4. The van der Waals surface area contributed by atoms with E-state index in [0.29, 0.717) is 11.8 Å². The predicted octanol–water partition coefficient (Wildman–Crippen LogP) is 1.94. The zero-order chi connectivity index (χ0) is 16.6. The van der Waals surface area contributed by atoms with Crippen molar-refractivity contribution in [2.45, 2.75) is 90.9 Å². The lowest BCUT2D eigenvalue weighted by molar-refractivity contribution is -0.317. The summed E-state index contributed by atoms with van der Waals surface area (Å²) in [7, 11) is 0. The lowest BCUT2D eigenvalue weighted by Crippen LogP contribution is -2.57. The van der Waals surface area contributed by atoms with E-state index in [1.54, 1.807) is 0 Å². The lowest BCUT2D eigenvalue weighted by Gasteiger charge is -2.47. The molecule has 0 aromatic rings. The van der Waals surface area contributed by atoms with Crippen molar-refractivity contribution in [3.63, 3.8) is 0 Å². The van der Waals surface area contributed by atoms with E-state index >= 15 is 0 Å². The Morgan fingerprint density at radius 3 is 2.05 bits per heavy atom. The van der Waals surface area contributed by atoms with Gasteiger partial charge in [0, 0.05) is 5.92 Å². The molecule has 2 aliphatic rings. The Morgan fingerprint density at radius 1 is 0.818 bits per heavy atom. The van der Waals surface area contributed by atoms with Crippen LogP contribution in [-0.4, -0.2) is 53.1 Å². The number of aliphatic hydroxyl groups excluding tert-OH is 2. The monoisotopic (exact) mass is 316 g/mol. The quantitative estimate of drug-likeness (QED) is 0.833. The van der Waals surface area contributed by atoms with Crippen LogP contribution in [0.4, 0.5) is 0 Å². The number of hydrogen-bond donors (Lipinski definition) is 2. The number of aliphatic hydroxyl groups is 2. The van der Waals surface area contributed by atoms with Crippen molar-refractivity contribution >= 4 is 0 Å². The zero-order valence-electron chi connectivity index (χ0n) is 14.6. The second kappa shape index (κ2) is 7.14. The lowest BCUT2D eigenvalue weighted by atomic mass is 9.81. The summed E-state index contributed by atoms with van der Waals surface area (Å²) in [6, 6.07) is 0. The second-order valence-electron chi connectivity index (χ2n) is 7.16. The summed E-state index contributed by atoms with van der Waals surface area (Å²) in [5, 5.41) is 20.4. The van der Waals surface area contributed by atoms with Crippen LogP contribution in [0, 0.1) is 17.8 Å². The van der Waals surface area contributed by atoms with Gasteiger partial charge in [0.25, 0.3) is 0 Å². The van der Waals surface area contributed by atoms with Gasteiger partial charge < -0.3 is 24.4 Å². The molecule has 0 aromatic carbocycles. The normalized spacial score (nSPS) is 53.5. The van der Waals surface area contributed by atoms with Gasteiger partial charge in [0.05, 0.1) is 30.5 Å². The fourth-order valence-corrected chi connectivity index (χ4v) is 3.60. The SMILES string of the molecule is CCC1O[C@@H](C)C(C)[C@@H](C)[C@H]1O[C@H]1O[C@@H](C)[C@@H](O)C(C)C1O. The molecule has 22 heavy (non-hydrogen) atoms. The Balaban J connectivity index is 2.10. The van der Waals surface area contributed by atoms with Crippen LogP contribution >= 0.6 is 0 Å². The topological polar surface area (TPSA) is 68.2 Å². The first-order valence-electron chi connectivity index (χ1n) is 8.60. The molecule has 0 aromatic heterocycles. The van der Waals surface area contributed by atoms with Gasteiger partial charge in [-0.2, -0.15) is 0 Å². The van der Waals surface area contributed by atoms with Gasteiger partial charge in [0.2, 0.25) is 0 Å². The molecule has 2 aliphatic heterocycles. The summed E-state index contributed by atoms with van der Waals surface area (Å²) in [4.78, 5) is 0. The van der Waals surface area contributed by atoms with Crippen molar-refractivity contribution in [3.8, 4) is 0 Å². The summed E-state index contributed by atoms with van der Waals surface area (Å²) in [6.07, 6.45) is -1.58. The molecule has 0 spiro atoms. The Morgan fingerprint density at radius 2 is 1.45 bits per heavy atom. The summed E-state index contributed by atoms with van der Waals surface area (Å²) >= 11 is 0. The van der Waals surface area contributed by atoms with E-state index in [9.17, 15) is 10.2 Å². The second-order valence-corrected chi connectivity index (χ2v) is 7.16. The largest absolute Gasteiger partial charge is 0.390 e. The van der Waals surface area contributed by atoms with Crippen LogP contribution in [0.3, 0.4) is 0 Å². The van der Waals surface area contributed by atoms with E-state index in [-0.39, 0.29) is 30.3 Å². The van der Waals surface area contributed by atoms with Crippen LogP contribution in [0.15, 0.2) is 0 Å². The van der Waals surface area contributed by atoms with Crippen LogP contribution < -0.4 is 0 Å². The van der Waals surface area contributed by atoms with Gasteiger partial charge >= 0.3 is 0 Å². The molecule has 0 saturated carbocycles. The van der Waals surface area contributed by atoms with Crippen molar-refractivity contribution in [2.75, 3.05) is 0 Å². The molecule has 0 radical (unpaired) electrons. The van der Waals surface area contributed by atoms with E-state index in [0.717, 1.165) is 6.42 Å². The van der Waals surface area contributed by atoms with E-state index in [1.807, 2.05) is 13.8 Å². The van der Waals surface area contributed by atoms with Crippen molar-refractivity contribution in [3.05, 3.63) is 0 Å². The molecule has 5 heteroatoms. The highest BCUT2D eigenvalue weighted by Crippen LogP contribution is 2.36. The first-order chi connectivity index (χ1) is 10.3. The van der Waals surface area contributed by atoms with Gasteiger partial charge in [-0.3, -0.25) is 0 Å². The molecule has 4 unspecified atom stereocenters. The fraction of sp³-hybridized carbons (Fsp3) is 1.00. The Bertz CT molecular complexity index is 361. The van der Waals surface area contributed by atoms with Crippen LogP contribution in [0.5, 0.6) is 0 Å². The third-order valence-electron chi connectivity index (χ3n) is 5.72. The van der Waals surface area contributed by atoms with E-state index in [4.69, 9.17) is 14.2 Å². The van der Waals surface area contributed by atoms with Crippen molar-refractivity contribution in [1.29, 1.82) is 0 Å². The van der Waals surface area contributed by atoms with Gasteiger partial charge in [0.1, 0.15) is 6.10 Å². The Labute approximate surface area is 133 Å². The molecule has 0 amide bonds. The molecule has 130 valence electrons. The molecular weight excluding hydrogens is 284 g/mol. The summed E-state index contributed by atoms with van der Waals surface area (Å²) in [5.74, 6) is 0.431. The summed E-state index contributed by atoms with van der Waals surface area (Å²) in [6.45, 7) is 12.2. The summed E-state index contributed by atoms with van der Waals surface area (Å²) < 4.78 is 17.9.